The van der Waals surface area contributed by atoms with Gasteiger partial charge >= 0.3 is 57.8 Å². The van der Waals surface area contributed by atoms with Gasteiger partial charge in [0.25, 0.3) is 0 Å². The number of ketones is 1. The van der Waals surface area contributed by atoms with Crippen molar-refractivity contribution < 1.29 is 90.7 Å². The quantitative estimate of drug-likeness (QED) is 0.0634. The number of carbonyl (C=O) groups excluding carboxylic acids is 2. The van der Waals surface area contributed by atoms with Crippen molar-refractivity contribution in [3.63, 3.8) is 0 Å². The third-order valence-electron chi connectivity index (χ3n) is 6.22. The van der Waals surface area contributed by atoms with Crippen molar-refractivity contribution in [2.24, 2.45) is 0 Å². The van der Waals surface area contributed by atoms with Gasteiger partial charge in [-0.05, 0) is 56.5 Å². The van der Waals surface area contributed by atoms with E-state index in [1.165, 1.54) is 0 Å². The summed E-state index contributed by atoms with van der Waals surface area (Å²) >= 11 is 0. The predicted molar refractivity (Wildman–Crippen MR) is 158 cm³/mol. The first-order valence-electron chi connectivity index (χ1n) is 14.0. The number of nitrogens with zero attached hydrogens (tertiary/aromatic N) is 3. The minimum atomic E-state index is -1.49. The van der Waals surface area contributed by atoms with Gasteiger partial charge in [0.15, 0.2) is 0 Å². The number of carboxylic acids is 3. The molecule has 0 unspecified atom stereocenters. The maximum Gasteiger partial charge on any atom is 0 e. The van der Waals surface area contributed by atoms with Gasteiger partial charge in [-0.3, -0.25) is 24.5 Å². The molecule has 0 aromatic carbocycles. The van der Waals surface area contributed by atoms with Crippen LogP contribution >= 0.6 is 0 Å². The number of hydrogen-bond acceptors (Lipinski definition) is 8. The van der Waals surface area contributed by atoms with Crippen LogP contribution in [0.1, 0.15) is 62.8 Å². The number of amides is 2. The molecule has 0 bridgehead atoms. The fraction of sp³-hybridized carbons (Fsp3) is 0.419. The van der Waals surface area contributed by atoms with Crippen LogP contribution in [0.3, 0.4) is 0 Å². The van der Waals surface area contributed by atoms with E-state index in [4.69, 9.17) is 24.2 Å². The van der Waals surface area contributed by atoms with Crippen molar-refractivity contribution in [2.45, 2.75) is 76.5 Å². The van der Waals surface area contributed by atoms with Crippen molar-refractivity contribution in [2.75, 3.05) is 6.54 Å². The van der Waals surface area contributed by atoms with Gasteiger partial charge < -0.3 is 42.9 Å². The third kappa shape index (κ3) is 26.6. The standard InChI is InChI=1S/C28H37N5O8.3CO.BrH.Re/c34-22(11-12-23(26(37)38)31-28(41)32-24(27(39)40)13-14-25(35)36)10-2-1-7-17-33(18-20-8-3-5-15-29-20)19-21-9-4-6-16-30-21;3*1-2;;/h3-6,8-9,15-16,23-24H,1-2,7,10-14,17-19H2,(H,35,36)(H,37,38)(H,39,40)(H2,31,32,41);;;;1H;/p-1/t23-,24-;;;;;/m0...../s1. The molecule has 0 fully saturated rings. The molecular weight excluding hydrogens is 884 g/mol. The second-order valence-corrected chi connectivity index (χ2v) is 9.57. The zero-order valence-corrected chi connectivity index (χ0v) is 30.6. The first kappa shape index (κ1) is 51.8. The molecule has 18 heteroatoms. The number of hydrogen-bond donors (Lipinski definition) is 5. The summed E-state index contributed by atoms with van der Waals surface area (Å²) in [6, 6.07) is 7.60. The minimum Gasteiger partial charge on any atom is 0 e. The van der Waals surface area contributed by atoms with Crippen LogP contribution in [0.4, 0.5) is 4.79 Å². The van der Waals surface area contributed by atoms with E-state index in [2.05, 4.69) is 45.5 Å². The van der Waals surface area contributed by atoms with Crippen LogP contribution in [0.5, 0.6) is 0 Å². The summed E-state index contributed by atoms with van der Waals surface area (Å²) in [7, 11) is 0. The Labute approximate surface area is 308 Å². The van der Waals surface area contributed by atoms with Gasteiger partial charge in [0.1, 0.15) is 17.9 Å². The Bertz CT molecular complexity index is 1230. The van der Waals surface area contributed by atoms with E-state index in [1.54, 1.807) is 12.4 Å². The molecule has 2 heterocycles. The maximum atomic E-state index is 12.4. The van der Waals surface area contributed by atoms with E-state index < -0.39 is 42.4 Å². The second-order valence-electron chi connectivity index (χ2n) is 9.57. The number of pyridine rings is 2. The Kier molecular flexibility index (Phi) is 35.8. The van der Waals surface area contributed by atoms with Gasteiger partial charge in [0.2, 0.25) is 0 Å². The van der Waals surface area contributed by atoms with E-state index in [0.29, 0.717) is 19.5 Å². The summed E-state index contributed by atoms with van der Waals surface area (Å²) in [6.07, 6.45) is 4.99. The fourth-order valence-corrected chi connectivity index (χ4v) is 4.06. The van der Waals surface area contributed by atoms with Crippen LogP contribution < -0.4 is 27.6 Å². The van der Waals surface area contributed by atoms with E-state index >= 15 is 0 Å². The van der Waals surface area contributed by atoms with Crippen molar-refractivity contribution in [3.05, 3.63) is 80.1 Å². The molecule has 0 spiro atoms. The number of nitrogens with one attached hydrogen (secondary N) is 2. The molecular formula is C31H37BrN5O11Re-. The summed E-state index contributed by atoms with van der Waals surface area (Å²) < 4.78 is 22.5. The minimum absolute atomic E-state index is 0. The average Bonchev–Trinajstić information content (AvgIpc) is 3.08. The number of carbonyl (C=O) groups is 5. The molecule has 0 aliphatic heterocycles. The van der Waals surface area contributed by atoms with Crippen LogP contribution in [-0.2, 0) is 66.6 Å². The first-order chi connectivity index (χ1) is 22.6. The van der Waals surface area contributed by atoms with Gasteiger partial charge in [-0.25, -0.2) is 14.4 Å². The number of carboxylic acid groups (broad SMARTS) is 3. The van der Waals surface area contributed by atoms with Crippen LogP contribution in [0.25, 0.3) is 0 Å². The zero-order chi connectivity index (χ0) is 36.0. The number of aromatic nitrogens is 2. The smallest absolute Gasteiger partial charge is 0 e. The van der Waals surface area contributed by atoms with Gasteiger partial charge in [-0.1, -0.05) is 18.6 Å². The fourth-order valence-electron chi connectivity index (χ4n) is 4.06. The number of halogens is 1. The molecule has 2 aromatic rings. The molecule has 1 radical (unpaired) electrons. The maximum absolute atomic E-state index is 12.4. The average molecular weight is 922 g/mol. The number of unbranched alkanes of at least 4 members (excludes halogenated alkanes) is 2. The van der Waals surface area contributed by atoms with Gasteiger partial charge in [0.05, 0.1) is 11.4 Å². The first-order valence-corrected chi connectivity index (χ1v) is 14.0. The molecule has 2 atom stereocenters. The summed E-state index contributed by atoms with van der Waals surface area (Å²) in [5.74, 6) is -4.18. The van der Waals surface area contributed by atoms with Crippen LogP contribution in [0.2, 0.25) is 0 Å². The summed E-state index contributed by atoms with van der Waals surface area (Å²) in [5, 5.41) is 31.4. The Balaban J connectivity index is -0.00000120. The number of Topliss-reactive ketones (excluding diaryl/α,β-unsaturated/α-hetero) is 1. The molecule has 49 heavy (non-hydrogen) atoms. The van der Waals surface area contributed by atoms with E-state index in [0.717, 1.165) is 30.8 Å². The van der Waals surface area contributed by atoms with Crippen molar-refractivity contribution >= 4 is 29.7 Å². The monoisotopic (exact) mass is 921 g/mol. The van der Waals surface area contributed by atoms with E-state index in [-0.39, 0.29) is 68.9 Å². The summed E-state index contributed by atoms with van der Waals surface area (Å²) in [4.78, 5) is 69.0. The molecule has 0 saturated heterocycles. The van der Waals surface area contributed by atoms with Crippen molar-refractivity contribution in [3.8, 4) is 0 Å². The molecule has 267 valence electrons. The van der Waals surface area contributed by atoms with Crippen molar-refractivity contribution in [1.29, 1.82) is 0 Å². The zero-order valence-electron chi connectivity index (χ0n) is 26.3. The molecule has 0 aliphatic carbocycles. The van der Waals surface area contributed by atoms with Crippen LogP contribution in [0.15, 0.2) is 48.8 Å². The predicted octanol–water partition coefficient (Wildman–Crippen LogP) is -0.652. The van der Waals surface area contributed by atoms with Gasteiger partial charge in [-0.15, -0.1) is 0 Å². The van der Waals surface area contributed by atoms with E-state index in [9.17, 15) is 29.1 Å². The number of aliphatic carboxylic acids is 3. The molecule has 2 amide bonds. The Morgan fingerprint density at radius 1 is 0.694 bits per heavy atom. The topological polar surface area (TPSA) is 259 Å². The number of rotatable bonds is 20. The Morgan fingerprint density at radius 2 is 1.14 bits per heavy atom. The molecule has 16 nitrogen and oxygen atoms in total. The Hall–Kier alpha value is -4.03. The third-order valence-corrected chi connectivity index (χ3v) is 6.22. The van der Waals surface area contributed by atoms with Crippen LogP contribution in [0, 0.1) is 20.0 Å². The molecule has 2 aromatic heterocycles. The van der Waals surface area contributed by atoms with Gasteiger partial charge in [0, 0.05) is 65.2 Å². The molecule has 0 saturated carbocycles. The van der Waals surface area contributed by atoms with Crippen LogP contribution in [-0.4, -0.2) is 78.5 Å². The SMILES string of the molecule is O=C(O)CC[C@H](NC(=O)N[C@@H](CCC(=O)CCCCCN(Cc1ccccn1)Cc1ccccn1)C(=O)O)C(=O)O.[Br-].[C-]#[O+].[C-]#[O+].[C-]#[O+].[Re]. The second kappa shape index (κ2) is 33.9. The normalized spacial score (nSPS) is 10.4. The largest absolute Gasteiger partial charge is 0 e. The van der Waals surface area contributed by atoms with Crippen molar-refractivity contribution in [1.82, 2.24) is 25.5 Å². The molecule has 0 aliphatic rings. The van der Waals surface area contributed by atoms with Gasteiger partial charge in [-0.2, -0.15) is 0 Å². The molecule has 5 N–H and O–H groups in total. The van der Waals surface area contributed by atoms with E-state index in [1.807, 2.05) is 36.4 Å². The number of urea groups is 1. The summed E-state index contributed by atoms with van der Waals surface area (Å²) in [5.41, 5.74) is 1.90. The molecule has 2 rings (SSSR count). The Morgan fingerprint density at radius 3 is 1.53 bits per heavy atom. The summed E-state index contributed by atoms with van der Waals surface area (Å²) in [6.45, 7) is 15.6.